The predicted octanol–water partition coefficient (Wildman–Crippen LogP) is 2.05. The monoisotopic (exact) mass is 410 g/mol. The Morgan fingerprint density at radius 1 is 0.778 bits per heavy atom. The van der Waals surface area contributed by atoms with Crippen LogP contribution in [0.1, 0.15) is 0 Å². The van der Waals surface area contributed by atoms with Crippen LogP contribution in [0.5, 0.6) is 5.75 Å². The average molecular weight is 410 g/mol. The van der Waals surface area contributed by atoms with Crippen molar-refractivity contribution >= 4 is 42.4 Å². The summed E-state index contributed by atoms with van der Waals surface area (Å²) in [5.41, 5.74) is 0.398. The SMILES string of the molecule is NN(c1cccc(S(=O)(=O)O)c1)c1cccc2c(O)cc(S(=O)(=O)O)cc12. The van der Waals surface area contributed by atoms with Gasteiger partial charge in [-0.3, -0.25) is 14.1 Å². The third-order valence-corrected chi connectivity index (χ3v) is 5.56. The lowest BCUT2D eigenvalue weighted by atomic mass is 10.1. The van der Waals surface area contributed by atoms with Crippen LogP contribution in [0.2, 0.25) is 0 Å². The van der Waals surface area contributed by atoms with Crippen molar-refractivity contribution < 1.29 is 31.0 Å². The van der Waals surface area contributed by atoms with E-state index in [-0.39, 0.29) is 32.8 Å². The molecule has 0 aliphatic carbocycles. The fraction of sp³-hybridized carbons (Fsp3) is 0. The smallest absolute Gasteiger partial charge is 0.294 e. The Morgan fingerprint density at radius 2 is 1.41 bits per heavy atom. The lowest BCUT2D eigenvalue weighted by Gasteiger charge is -2.21. The topological polar surface area (TPSA) is 158 Å². The lowest BCUT2D eigenvalue weighted by molar-refractivity contribution is 0.471. The first-order valence-electron chi connectivity index (χ1n) is 7.34. The van der Waals surface area contributed by atoms with Crippen molar-refractivity contribution in [2.75, 3.05) is 5.01 Å². The van der Waals surface area contributed by atoms with E-state index in [2.05, 4.69) is 0 Å². The Labute approximate surface area is 154 Å². The van der Waals surface area contributed by atoms with Crippen molar-refractivity contribution in [1.82, 2.24) is 0 Å². The molecule has 3 aromatic rings. The zero-order valence-corrected chi connectivity index (χ0v) is 15.1. The van der Waals surface area contributed by atoms with E-state index in [1.807, 2.05) is 0 Å². The fourth-order valence-corrected chi connectivity index (χ4v) is 3.66. The van der Waals surface area contributed by atoms with E-state index < -0.39 is 25.1 Å². The van der Waals surface area contributed by atoms with Gasteiger partial charge in [0.1, 0.15) is 5.75 Å². The second-order valence-corrected chi connectivity index (χ2v) is 8.48. The number of rotatable bonds is 4. The zero-order valence-electron chi connectivity index (χ0n) is 13.5. The van der Waals surface area contributed by atoms with E-state index in [1.165, 1.54) is 30.3 Å². The average Bonchev–Trinajstić information content (AvgIpc) is 2.59. The summed E-state index contributed by atoms with van der Waals surface area (Å²) in [6.07, 6.45) is 0. The van der Waals surface area contributed by atoms with E-state index in [0.29, 0.717) is 0 Å². The molecular weight excluding hydrogens is 396 g/mol. The zero-order chi connectivity index (χ0) is 20.0. The molecule has 0 heterocycles. The molecule has 0 unspecified atom stereocenters. The van der Waals surface area contributed by atoms with Gasteiger partial charge in [-0.2, -0.15) is 16.8 Å². The van der Waals surface area contributed by atoms with Crippen molar-refractivity contribution in [1.29, 1.82) is 0 Å². The van der Waals surface area contributed by atoms with Gasteiger partial charge in [-0.05, 0) is 30.3 Å². The Hall–Kier alpha value is -2.70. The van der Waals surface area contributed by atoms with Crippen molar-refractivity contribution in [2.45, 2.75) is 9.79 Å². The van der Waals surface area contributed by atoms with Crippen LogP contribution >= 0.6 is 0 Å². The molecule has 3 rings (SSSR count). The van der Waals surface area contributed by atoms with Crippen LogP contribution in [0, 0.1) is 0 Å². The molecule has 0 aliphatic rings. The summed E-state index contributed by atoms with van der Waals surface area (Å²) >= 11 is 0. The van der Waals surface area contributed by atoms with Crippen LogP contribution in [-0.4, -0.2) is 31.0 Å². The van der Waals surface area contributed by atoms with Crippen molar-refractivity contribution in [3.63, 3.8) is 0 Å². The number of nitrogens with two attached hydrogens (primary N) is 1. The molecule has 0 bridgehead atoms. The van der Waals surface area contributed by atoms with Gasteiger partial charge in [0.15, 0.2) is 0 Å². The van der Waals surface area contributed by atoms with Crippen LogP contribution in [0.3, 0.4) is 0 Å². The van der Waals surface area contributed by atoms with E-state index in [4.69, 9.17) is 5.84 Å². The van der Waals surface area contributed by atoms with E-state index in [1.54, 1.807) is 6.07 Å². The number of aromatic hydroxyl groups is 1. The molecule has 0 fully saturated rings. The third kappa shape index (κ3) is 3.72. The van der Waals surface area contributed by atoms with Gasteiger partial charge in [-0.25, -0.2) is 5.84 Å². The molecule has 27 heavy (non-hydrogen) atoms. The minimum absolute atomic E-state index is 0.175. The Kier molecular flexibility index (Phi) is 4.57. The highest BCUT2D eigenvalue weighted by Gasteiger charge is 2.18. The van der Waals surface area contributed by atoms with Gasteiger partial charge in [0.25, 0.3) is 20.2 Å². The molecule has 0 amide bonds. The summed E-state index contributed by atoms with van der Waals surface area (Å²) in [6.45, 7) is 0. The highest BCUT2D eigenvalue weighted by Crippen LogP contribution is 2.36. The number of phenolic OH excluding ortho intramolecular Hbond substituents is 1. The Morgan fingerprint density at radius 3 is 2.04 bits per heavy atom. The maximum absolute atomic E-state index is 11.4. The first-order chi connectivity index (χ1) is 12.5. The number of phenols is 1. The molecule has 3 aromatic carbocycles. The first-order valence-corrected chi connectivity index (χ1v) is 10.2. The molecule has 0 spiro atoms. The van der Waals surface area contributed by atoms with Gasteiger partial charge in [-0.15, -0.1) is 0 Å². The van der Waals surface area contributed by atoms with Crippen molar-refractivity contribution in [3.05, 3.63) is 54.6 Å². The largest absolute Gasteiger partial charge is 0.507 e. The Bertz CT molecular complexity index is 1250. The summed E-state index contributed by atoms with van der Waals surface area (Å²) < 4.78 is 64.0. The van der Waals surface area contributed by atoms with Gasteiger partial charge < -0.3 is 5.11 Å². The highest BCUT2D eigenvalue weighted by atomic mass is 32.2. The van der Waals surface area contributed by atoms with Gasteiger partial charge in [0, 0.05) is 16.8 Å². The minimum atomic E-state index is -4.58. The molecule has 11 heteroatoms. The van der Waals surface area contributed by atoms with Gasteiger partial charge >= 0.3 is 0 Å². The van der Waals surface area contributed by atoms with Crippen LogP contribution in [0.4, 0.5) is 11.4 Å². The maximum Gasteiger partial charge on any atom is 0.294 e. The second-order valence-electron chi connectivity index (χ2n) is 5.63. The molecule has 142 valence electrons. The molecule has 0 saturated heterocycles. The molecule has 0 atom stereocenters. The van der Waals surface area contributed by atoms with E-state index >= 15 is 0 Å². The molecular formula is C16H14N2O7S2. The number of benzene rings is 3. The maximum atomic E-state index is 11.4. The number of fused-ring (bicyclic) bond motifs is 1. The van der Waals surface area contributed by atoms with Crippen molar-refractivity contribution in [3.8, 4) is 5.75 Å². The second kappa shape index (κ2) is 6.48. The van der Waals surface area contributed by atoms with Gasteiger partial charge in [0.05, 0.1) is 21.2 Å². The molecule has 0 aliphatic heterocycles. The molecule has 0 aromatic heterocycles. The summed E-state index contributed by atoms with van der Waals surface area (Å²) in [5, 5.41) is 11.6. The van der Waals surface area contributed by atoms with Crippen LogP contribution in [0.25, 0.3) is 10.8 Å². The normalized spacial score (nSPS) is 12.3. The number of hydrogen-bond acceptors (Lipinski definition) is 7. The van der Waals surface area contributed by atoms with E-state index in [9.17, 15) is 31.0 Å². The fourth-order valence-electron chi connectivity index (χ4n) is 2.62. The third-order valence-electron chi connectivity index (χ3n) is 3.88. The van der Waals surface area contributed by atoms with Crippen LogP contribution < -0.4 is 10.9 Å². The molecule has 5 N–H and O–H groups in total. The summed E-state index contributed by atoms with van der Waals surface area (Å²) in [6, 6.07) is 11.8. The van der Waals surface area contributed by atoms with Gasteiger partial charge in [-0.1, -0.05) is 18.2 Å². The molecule has 0 radical (unpaired) electrons. The minimum Gasteiger partial charge on any atom is -0.507 e. The summed E-state index contributed by atoms with van der Waals surface area (Å²) in [5.74, 6) is 5.68. The number of nitrogens with zero attached hydrogens (tertiary/aromatic N) is 1. The Balaban J connectivity index is 2.24. The first kappa shape index (κ1) is 19.1. The molecule has 9 nitrogen and oxygen atoms in total. The van der Waals surface area contributed by atoms with Crippen molar-refractivity contribution in [2.24, 2.45) is 5.84 Å². The summed E-state index contributed by atoms with van der Waals surface area (Å²) in [4.78, 5) is -0.905. The summed E-state index contributed by atoms with van der Waals surface area (Å²) in [7, 11) is -9.03. The number of hydrazine groups is 1. The number of anilines is 2. The van der Waals surface area contributed by atoms with Crippen LogP contribution in [0.15, 0.2) is 64.4 Å². The number of hydrogen-bond donors (Lipinski definition) is 4. The van der Waals surface area contributed by atoms with Crippen LogP contribution in [-0.2, 0) is 20.2 Å². The highest BCUT2D eigenvalue weighted by molar-refractivity contribution is 7.86. The standard InChI is InChI=1S/C16H14N2O7S2/c17-18(10-3-1-4-11(7-10)26(20,21)22)15-6-2-5-13-14(15)8-12(9-16(13)19)27(23,24)25/h1-9,19H,17H2,(H,20,21,22)(H,23,24,25). The van der Waals surface area contributed by atoms with E-state index in [0.717, 1.165) is 23.2 Å². The lowest BCUT2D eigenvalue weighted by Crippen LogP contribution is -2.25. The molecule has 0 saturated carbocycles. The van der Waals surface area contributed by atoms with Gasteiger partial charge in [0.2, 0.25) is 0 Å². The quantitative estimate of drug-likeness (QED) is 0.287. The predicted molar refractivity (Wildman–Crippen MR) is 98.0 cm³/mol.